The maximum atomic E-state index is 9.44. The first-order chi connectivity index (χ1) is 40.3. The summed E-state index contributed by atoms with van der Waals surface area (Å²) in [7, 11) is 0. The third-order valence-corrected chi connectivity index (χ3v) is 20.4. The minimum Gasteiger partial charge on any atom is -0.396 e. The van der Waals surface area contributed by atoms with E-state index >= 15 is 0 Å². The molecule has 81 heavy (non-hydrogen) atoms. The van der Waals surface area contributed by atoms with E-state index in [9.17, 15) is 10.2 Å². The van der Waals surface area contributed by atoms with Crippen molar-refractivity contribution >= 4 is 0 Å². The molecule has 0 unspecified atom stereocenters. The molecule has 2 heteroatoms. The first-order valence-corrected chi connectivity index (χ1v) is 39.5. The lowest BCUT2D eigenvalue weighted by atomic mass is 9.73. The second-order valence-corrected chi connectivity index (χ2v) is 28.4. The topological polar surface area (TPSA) is 40.5 Å². The van der Waals surface area contributed by atoms with Crippen LogP contribution in [-0.2, 0) is 0 Å². The zero-order chi connectivity index (χ0) is 57.7. The van der Waals surface area contributed by atoms with Crippen molar-refractivity contribution in [3.8, 4) is 0 Å². The highest BCUT2D eigenvalue weighted by Crippen LogP contribution is 2.39. The SMILES string of the molecule is C1CCCCCCCCCCCCCC1.C1CCCCCCCCCCCCCC1.C1CCCCCCCCCCCCCC1.C1CCCCCCCCCCCCCC1.OCCC1(CCO)CCCCCCCCCCCCCC1. The molecule has 0 heterocycles. The molecule has 5 saturated carbocycles. The van der Waals surface area contributed by atoms with Crippen LogP contribution in [0.3, 0.4) is 0 Å². The normalized spacial score (nSPS) is 23.8. The van der Waals surface area contributed by atoms with E-state index < -0.39 is 0 Å². The summed E-state index contributed by atoms with van der Waals surface area (Å²) >= 11 is 0. The van der Waals surface area contributed by atoms with Crippen molar-refractivity contribution in [2.45, 2.75) is 488 Å². The molecular formula is C79H158O2. The first-order valence-electron chi connectivity index (χ1n) is 39.5. The highest BCUT2D eigenvalue weighted by molar-refractivity contribution is 4.79. The molecule has 0 aromatic carbocycles. The van der Waals surface area contributed by atoms with Gasteiger partial charge in [0.05, 0.1) is 0 Å². The monoisotopic (exact) mass is 1140 g/mol. The lowest BCUT2D eigenvalue weighted by molar-refractivity contribution is 0.108. The molecule has 0 saturated heterocycles. The summed E-state index contributed by atoms with van der Waals surface area (Å²) in [5, 5.41) is 18.9. The zero-order valence-electron chi connectivity index (χ0n) is 56.5. The van der Waals surface area contributed by atoms with Gasteiger partial charge < -0.3 is 10.2 Å². The van der Waals surface area contributed by atoms with Gasteiger partial charge in [-0.2, -0.15) is 0 Å². The van der Waals surface area contributed by atoms with Gasteiger partial charge in [-0.3, -0.25) is 0 Å². The van der Waals surface area contributed by atoms with Crippen molar-refractivity contribution in [2.24, 2.45) is 5.41 Å². The number of aliphatic hydroxyl groups excluding tert-OH is 2. The lowest BCUT2D eigenvalue weighted by Gasteiger charge is -2.33. The van der Waals surface area contributed by atoms with Gasteiger partial charge in [0.25, 0.3) is 0 Å². The van der Waals surface area contributed by atoms with Crippen LogP contribution in [-0.4, -0.2) is 23.4 Å². The molecule has 5 aliphatic rings. The number of aliphatic hydroxyl groups is 2. The average Bonchev–Trinajstić information content (AvgIpc) is 3.53. The van der Waals surface area contributed by atoms with E-state index in [1.54, 1.807) is 0 Å². The smallest absolute Gasteiger partial charge is 0.0436 e. The van der Waals surface area contributed by atoms with E-state index in [-0.39, 0.29) is 18.6 Å². The molecule has 5 rings (SSSR count). The lowest BCUT2D eigenvalue weighted by Crippen LogP contribution is -2.24. The van der Waals surface area contributed by atoms with Gasteiger partial charge in [-0.05, 0) is 31.1 Å². The van der Waals surface area contributed by atoms with Gasteiger partial charge in [0.2, 0.25) is 0 Å². The van der Waals surface area contributed by atoms with Crippen molar-refractivity contribution in [2.75, 3.05) is 13.2 Å². The van der Waals surface area contributed by atoms with Gasteiger partial charge in [-0.25, -0.2) is 0 Å². The maximum Gasteiger partial charge on any atom is 0.0436 e. The maximum absolute atomic E-state index is 9.44. The van der Waals surface area contributed by atoms with E-state index in [1.807, 2.05) is 0 Å². The number of rotatable bonds is 4. The second-order valence-electron chi connectivity index (χ2n) is 28.4. The molecule has 486 valence electrons. The van der Waals surface area contributed by atoms with Gasteiger partial charge in [-0.1, -0.05) is 462 Å². The predicted molar refractivity (Wildman–Crippen MR) is 367 cm³/mol. The van der Waals surface area contributed by atoms with Crippen molar-refractivity contribution in [1.82, 2.24) is 0 Å². The van der Waals surface area contributed by atoms with E-state index in [0.29, 0.717) is 0 Å². The van der Waals surface area contributed by atoms with Crippen molar-refractivity contribution in [3.05, 3.63) is 0 Å². The molecule has 5 aliphatic carbocycles. The first kappa shape index (κ1) is 78.9. The van der Waals surface area contributed by atoms with Gasteiger partial charge >= 0.3 is 0 Å². The van der Waals surface area contributed by atoms with Crippen molar-refractivity contribution in [3.63, 3.8) is 0 Å². The summed E-state index contributed by atoms with van der Waals surface area (Å²) in [4.78, 5) is 0. The highest BCUT2D eigenvalue weighted by Gasteiger charge is 2.28. The summed E-state index contributed by atoms with van der Waals surface area (Å²) in [5.41, 5.74) is 0.212. The summed E-state index contributed by atoms with van der Waals surface area (Å²) < 4.78 is 0. The van der Waals surface area contributed by atoms with Gasteiger partial charge in [0.15, 0.2) is 0 Å². The fourth-order valence-corrected chi connectivity index (χ4v) is 14.6. The largest absolute Gasteiger partial charge is 0.396 e. The Kier molecular flexibility index (Phi) is 68.9. The van der Waals surface area contributed by atoms with Gasteiger partial charge in [-0.15, -0.1) is 0 Å². The molecule has 2 N–H and O–H groups in total. The number of hydrogen-bond acceptors (Lipinski definition) is 2. The summed E-state index contributed by atoms with van der Waals surface area (Å²) in [6.45, 7) is 0.556. The predicted octanol–water partition coefficient (Wildman–Crippen LogP) is 28.6. The minimum absolute atomic E-state index is 0.212. The Morgan fingerprint density at radius 3 is 0.272 bits per heavy atom. The Morgan fingerprint density at radius 2 is 0.198 bits per heavy atom. The Bertz CT molecular complexity index is 707. The molecule has 2 nitrogen and oxygen atoms in total. The van der Waals surface area contributed by atoms with E-state index in [4.69, 9.17) is 0 Å². The fourth-order valence-electron chi connectivity index (χ4n) is 14.6. The molecule has 0 radical (unpaired) electrons. The molecule has 0 atom stereocenters. The van der Waals surface area contributed by atoms with Crippen LogP contribution in [0.25, 0.3) is 0 Å². The summed E-state index contributed by atoms with van der Waals surface area (Å²) in [5.74, 6) is 0. The molecule has 0 bridgehead atoms. The average molecular weight is 1140 g/mol. The molecule has 0 aromatic rings. The molecular weight excluding hydrogens is 981 g/mol. The van der Waals surface area contributed by atoms with E-state index in [1.165, 1.54) is 475 Å². The highest BCUT2D eigenvalue weighted by atomic mass is 16.3. The molecule has 0 amide bonds. The second kappa shape index (κ2) is 70.7. The van der Waals surface area contributed by atoms with Crippen LogP contribution in [0.2, 0.25) is 0 Å². The third kappa shape index (κ3) is 64.2. The van der Waals surface area contributed by atoms with Crippen LogP contribution < -0.4 is 0 Å². The van der Waals surface area contributed by atoms with E-state index in [2.05, 4.69) is 0 Å². The Morgan fingerprint density at radius 1 is 0.123 bits per heavy atom. The summed E-state index contributed by atoms with van der Waals surface area (Å²) in [6.07, 6.45) is 111. The minimum atomic E-state index is 0.212. The van der Waals surface area contributed by atoms with Crippen LogP contribution in [0.15, 0.2) is 0 Å². The fraction of sp³-hybridized carbons (Fsp3) is 1.00. The van der Waals surface area contributed by atoms with Crippen LogP contribution in [0, 0.1) is 5.41 Å². The quantitative estimate of drug-likeness (QED) is 0.295. The Balaban J connectivity index is 0.000000510. The molecule has 0 aromatic heterocycles. The van der Waals surface area contributed by atoms with Crippen LogP contribution in [0.1, 0.15) is 488 Å². The molecule has 0 aliphatic heterocycles. The summed E-state index contributed by atoms with van der Waals surface area (Å²) in [6, 6.07) is 0. The molecule has 5 fully saturated rings. The van der Waals surface area contributed by atoms with E-state index in [0.717, 1.165) is 12.8 Å². The van der Waals surface area contributed by atoms with Crippen LogP contribution in [0.5, 0.6) is 0 Å². The Labute approximate surface area is 514 Å². The van der Waals surface area contributed by atoms with Crippen molar-refractivity contribution < 1.29 is 10.2 Å². The molecule has 0 spiro atoms. The van der Waals surface area contributed by atoms with Crippen molar-refractivity contribution in [1.29, 1.82) is 0 Å². The standard InChI is InChI=1S/C19H38O2.4C15H30/c20-17-15-19(16-18-21)13-11-9-7-5-3-1-2-4-6-8-10-12-14-19;4*1-2-4-6-8-10-12-14-15-13-11-9-7-5-3-1/h20-21H,1-18H2;4*1-15H2. The van der Waals surface area contributed by atoms with Gasteiger partial charge in [0.1, 0.15) is 0 Å². The number of hydrogen-bond donors (Lipinski definition) is 2. The Hall–Kier alpha value is -0.0800. The van der Waals surface area contributed by atoms with Gasteiger partial charge in [0, 0.05) is 13.2 Å². The van der Waals surface area contributed by atoms with Crippen LogP contribution in [0.4, 0.5) is 0 Å². The third-order valence-electron chi connectivity index (χ3n) is 20.4. The van der Waals surface area contributed by atoms with Crippen LogP contribution >= 0.6 is 0 Å². The zero-order valence-corrected chi connectivity index (χ0v) is 56.5.